The monoisotopic (exact) mass is 340 g/mol. The highest BCUT2D eigenvalue weighted by atomic mass is 16.5. The van der Waals surface area contributed by atoms with Gasteiger partial charge in [-0.3, -0.25) is 14.4 Å². The number of esters is 1. The first-order valence-corrected chi connectivity index (χ1v) is 7.90. The molecule has 6 heteroatoms. The van der Waals surface area contributed by atoms with E-state index in [9.17, 15) is 14.4 Å². The van der Waals surface area contributed by atoms with E-state index in [1.807, 2.05) is 25.1 Å². The number of amides is 2. The van der Waals surface area contributed by atoms with Crippen LogP contribution in [0.1, 0.15) is 22.3 Å². The average molecular weight is 340 g/mol. The fraction of sp³-hybridized carbons (Fsp3) is 0.211. The van der Waals surface area contributed by atoms with E-state index >= 15 is 0 Å². The highest BCUT2D eigenvalue weighted by Gasteiger charge is 2.10. The number of nitrogens with one attached hydrogen (secondary N) is 2. The molecule has 0 heterocycles. The molecule has 0 atom stereocenters. The third-order valence-electron chi connectivity index (χ3n) is 3.43. The minimum atomic E-state index is -0.548. The summed E-state index contributed by atoms with van der Waals surface area (Å²) in [5.74, 6) is -1.20. The van der Waals surface area contributed by atoms with Gasteiger partial charge in [-0.1, -0.05) is 36.4 Å². The zero-order valence-corrected chi connectivity index (χ0v) is 14.0. The van der Waals surface area contributed by atoms with Gasteiger partial charge in [0.15, 0.2) is 6.61 Å². The molecular formula is C19H20N2O4. The van der Waals surface area contributed by atoms with Gasteiger partial charge in [0, 0.05) is 17.8 Å². The Balaban J connectivity index is 1.66. The smallest absolute Gasteiger partial charge is 0.308 e. The molecule has 2 aromatic carbocycles. The zero-order chi connectivity index (χ0) is 18.1. The normalized spacial score (nSPS) is 9.96. The molecule has 0 unspecified atom stereocenters. The number of carbonyl (C=O) groups is 3. The Morgan fingerprint density at radius 3 is 2.36 bits per heavy atom. The average Bonchev–Trinajstić information content (AvgIpc) is 2.61. The second-order valence-corrected chi connectivity index (χ2v) is 5.40. The SMILES string of the molecule is Cc1ccccc1C(=O)NCCC(=O)OCC(=O)Nc1ccccc1. The fourth-order valence-electron chi connectivity index (χ4n) is 2.14. The summed E-state index contributed by atoms with van der Waals surface area (Å²) in [5, 5.41) is 5.27. The molecule has 0 aliphatic carbocycles. The Morgan fingerprint density at radius 2 is 1.64 bits per heavy atom. The number of rotatable bonds is 7. The number of benzene rings is 2. The predicted molar refractivity (Wildman–Crippen MR) is 94.2 cm³/mol. The van der Waals surface area contributed by atoms with E-state index in [1.54, 1.807) is 36.4 Å². The molecule has 0 fully saturated rings. The van der Waals surface area contributed by atoms with Gasteiger partial charge >= 0.3 is 5.97 Å². The van der Waals surface area contributed by atoms with Gasteiger partial charge in [-0.2, -0.15) is 0 Å². The predicted octanol–water partition coefficient (Wildman–Crippen LogP) is 2.30. The maximum atomic E-state index is 12.0. The molecule has 2 aromatic rings. The molecule has 0 radical (unpaired) electrons. The summed E-state index contributed by atoms with van der Waals surface area (Å²) in [6.07, 6.45) is -0.00373. The molecule has 0 aromatic heterocycles. The van der Waals surface area contributed by atoms with Crippen LogP contribution in [0.5, 0.6) is 0 Å². The van der Waals surface area contributed by atoms with Crippen LogP contribution in [0.3, 0.4) is 0 Å². The van der Waals surface area contributed by atoms with Crippen LogP contribution in [0, 0.1) is 6.92 Å². The first-order chi connectivity index (χ1) is 12.1. The van der Waals surface area contributed by atoms with Gasteiger partial charge < -0.3 is 15.4 Å². The van der Waals surface area contributed by atoms with Crippen molar-refractivity contribution in [1.29, 1.82) is 0 Å². The molecule has 0 bridgehead atoms. The van der Waals surface area contributed by atoms with Crippen molar-refractivity contribution in [3.63, 3.8) is 0 Å². The van der Waals surface area contributed by atoms with E-state index in [-0.39, 0.29) is 25.5 Å². The molecule has 130 valence electrons. The number of anilines is 1. The van der Waals surface area contributed by atoms with Crippen LogP contribution in [-0.2, 0) is 14.3 Å². The van der Waals surface area contributed by atoms with Crippen molar-refractivity contribution in [2.75, 3.05) is 18.5 Å². The van der Waals surface area contributed by atoms with Gasteiger partial charge in [0.1, 0.15) is 0 Å². The minimum Gasteiger partial charge on any atom is -0.456 e. The topological polar surface area (TPSA) is 84.5 Å². The molecule has 0 aliphatic rings. The summed E-state index contributed by atoms with van der Waals surface area (Å²) in [5.41, 5.74) is 2.06. The number of hydrogen-bond donors (Lipinski definition) is 2. The van der Waals surface area contributed by atoms with E-state index in [4.69, 9.17) is 4.74 Å². The first-order valence-electron chi connectivity index (χ1n) is 7.90. The Morgan fingerprint density at radius 1 is 0.960 bits per heavy atom. The number of hydrogen-bond acceptors (Lipinski definition) is 4. The summed E-state index contributed by atoms with van der Waals surface area (Å²) >= 11 is 0. The number of carbonyl (C=O) groups excluding carboxylic acids is 3. The molecule has 0 aliphatic heterocycles. The second kappa shape index (κ2) is 9.22. The molecular weight excluding hydrogens is 320 g/mol. The Hall–Kier alpha value is -3.15. The second-order valence-electron chi connectivity index (χ2n) is 5.40. The number of ether oxygens (including phenoxy) is 1. The third kappa shape index (κ3) is 6.10. The summed E-state index contributed by atoms with van der Waals surface area (Å²) in [4.78, 5) is 35.3. The van der Waals surface area contributed by atoms with Gasteiger partial charge in [0.05, 0.1) is 6.42 Å². The first kappa shape index (κ1) is 18.2. The van der Waals surface area contributed by atoms with E-state index < -0.39 is 11.9 Å². The molecule has 0 saturated carbocycles. The zero-order valence-electron chi connectivity index (χ0n) is 14.0. The van der Waals surface area contributed by atoms with Crippen molar-refractivity contribution in [3.8, 4) is 0 Å². The van der Waals surface area contributed by atoms with Gasteiger partial charge in [-0.25, -0.2) is 0 Å². The van der Waals surface area contributed by atoms with Gasteiger partial charge in [-0.15, -0.1) is 0 Å². The maximum Gasteiger partial charge on any atom is 0.308 e. The Labute approximate surface area is 146 Å². The van der Waals surface area contributed by atoms with E-state index in [1.165, 1.54) is 0 Å². The molecule has 2 N–H and O–H groups in total. The lowest BCUT2D eigenvalue weighted by atomic mass is 10.1. The van der Waals surface area contributed by atoms with Gasteiger partial charge in [0.25, 0.3) is 11.8 Å². The van der Waals surface area contributed by atoms with Crippen molar-refractivity contribution in [1.82, 2.24) is 5.32 Å². The van der Waals surface area contributed by atoms with Crippen molar-refractivity contribution >= 4 is 23.5 Å². The van der Waals surface area contributed by atoms with Crippen molar-refractivity contribution < 1.29 is 19.1 Å². The standard InChI is InChI=1S/C19H20N2O4/c1-14-7-5-6-10-16(14)19(24)20-12-11-18(23)25-13-17(22)21-15-8-3-2-4-9-15/h2-10H,11-13H2,1H3,(H,20,24)(H,21,22). The van der Waals surface area contributed by atoms with E-state index in [0.29, 0.717) is 11.3 Å². The largest absolute Gasteiger partial charge is 0.456 e. The third-order valence-corrected chi connectivity index (χ3v) is 3.43. The fourth-order valence-corrected chi connectivity index (χ4v) is 2.14. The lowest BCUT2D eigenvalue weighted by Crippen LogP contribution is -2.28. The molecule has 0 saturated heterocycles. The molecule has 2 amide bonds. The summed E-state index contributed by atoms with van der Waals surface area (Å²) < 4.78 is 4.89. The van der Waals surface area contributed by atoms with E-state index in [0.717, 1.165) is 5.56 Å². The summed E-state index contributed by atoms with van der Waals surface area (Å²) in [6, 6.07) is 16.1. The maximum absolute atomic E-state index is 12.0. The quantitative estimate of drug-likeness (QED) is 0.758. The number of aryl methyl sites for hydroxylation is 1. The van der Waals surface area contributed by atoms with Gasteiger partial charge in [0.2, 0.25) is 0 Å². The van der Waals surface area contributed by atoms with Crippen LogP contribution in [0.2, 0.25) is 0 Å². The number of para-hydroxylation sites is 1. The highest BCUT2D eigenvalue weighted by molar-refractivity contribution is 5.96. The van der Waals surface area contributed by atoms with Crippen LogP contribution >= 0.6 is 0 Å². The van der Waals surface area contributed by atoms with Crippen LogP contribution in [0.25, 0.3) is 0 Å². The van der Waals surface area contributed by atoms with Crippen LogP contribution in [-0.4, -0.2) is 30.9 Å². The highest BCUT2D eigenvalue weighted by Crippen LogP contribution is 2.06. The van der Waals surface area contributed by atoms with Crippen molar-refractivity contribution in [3.05, 3.63) is 65.7 Å². The molecule has 0 spiro atoms. The van der Waals surface area contributed by atoms with Gasteiger partial charge in [-0.05, 0) is 30.7 Å². The van der Waals surface area contributed by atoms with Crippen LogP contribution in [0.4, 0.5) is 5.69 Å². The van der Waals surface area contributed by atoms with Crippen molar-refractivity contribution in [2.45, 2.75) is 13.3 Å². The summed E-state index contributed by atoms with van der Waals surface area (Å²) in [7, 11) is 0. The van der Waals surface area contributed by atoms with Crippen LogP contribution < -0.4 is 10.6 Å². The summed E-state index contributed by atoms with van der Waals surface area (Å²) in [6.45, 7) is 1.63. The van der Waals surface area contributed by atoms with Crippen molar-refractivity contribution in [2.24, 2.45) is 0 Å². The lowest BCUT2D eigenvalue weighted by molar-refractivity contribution is -0.147. The lowest BCUT2D eigenvalue weighted by Gasteiger charge is -2.08. The van der Waals surface area contributed by atoms with E-state index in [2.05, 4.69) is 10.6 Å². The molecule has 2 rings (SSSR count). The molecule has 6 nitrogen and oxygen atoms in total. The Kier molecular flexibility index (Phi) is 6.71. The molecule has 25 heavy (non-hydrogen) atoms. The minimum absolute atomic E-state index is 0.00373. The van der Waals surface area contributed by atoms with Crippen LogP contribution in [0.15, 0.2) is 54.6 Å². The Bertz CT molecular complexity index is 744.